The van der Waals surface area contributed by atoms with Crippen molar-refractivity contribution in [2.24, 2.45) is 7.05 Å². The fourth-order valence-electron chi connectivity index (χ4n) is 2.75. The number of pyridine rings is 1. The number of ether oxygens (including phenoxy) is 1. The Morgan fingerprint density at radius 2 is 1.67 bits per heavy atom. The van der Waals surface area contributed by atoms with E-state index in [1.54, 1.807) is 25.6 Å². The standard InChI is InChI=1S/C21H21NO3S.H2O/c1-22-13-19(18-10-6-9-17(11-18)15-26(2)24)12-20(21(22)23)25-14-16-7-4-3-5-8-16;/h3-13H,14-15H2,1-2H3;1H2. The normalized spacial score (nSPS) is 11.5. The third-order valence-corrected chi connectivity index (χ3v) is 4.76. The number of aryl methyl sites for hydroxylation is 1. The second-order valence-electron chi connectivity index (χ2n) is 6.20. The van der Waals surface area contributed by atoms with Gasteiger partial charge < -0.3 is 14.8 Å². The molecule has 0 fully saturated rings. The molecule has 3 aromatic rings. The monoisotopic (exact) mass is 385 g/mol. The van der Waals surface area contributed by atoms with Gasteiger partial charge in [-0.1, -0.05) is 54.6 Å². The summed E-state index contributed by atoms with van der Waals surface area (Å²) < 4.78 is 18.8. The Bertz CT molecular complexity index is 983. The van der Waals surface area contributed by atoms with E-state index in [0.717, 1.165) is 22.3 Å². The molecule has 2 aromatic carbocycles. The van der Waals surface area contributed by atoms with Crippen LogP contribution in [0.15, 0.2) is 71.7 Å². The van der Waals surface area contributed by atoms with Crippen LogP contribution in [0.3, 0.4) is 0 Å². The van der Waals surface area contributed by atoms with Crippen molar-refractivity contribution in [1.29, 1.82) is 0 Å². The van der Waals surface area contributed by atoms with Crippen molar-refractivity contribution in [2.45, 2.75) is 12.4 Å². The second-order valence-corrected chi connectivity index (χ2v) is 7.64. The minimum atomic E-state index is -0.898. The highest BCUT2D eigenvalue weighted by molar-refractivity contribution is 7.83. The van der Waals surface area contributed by atoms with Crippen molar-refractivity contribution in [2.75, 3.05) is 6.26 Å². The Morgan fingerprint density at radius 1 is 0.963 bits per heavy atom. The highest BCUT2D eigenvalue weighted by Gasteiger charge is 2.09. The van der Waals surface area contributed by atoms with E-state index in [-0.39, 0.29) is 11.0 Å². The first-order chi connectivity index (χ1) is 12.5. The molecule has 0 aliphatic carbocycles. The van der Waals surface area contributed by atoms with Crippen LogP contribution in [0.25, 0.3) is 11.1 Å². The van der Waals surface area contributed by atoms with Crippen LogP contribution in [-0.4, -0.2) is 20.5 Å². The predicted octanol–water partition coefficient (Wildman–Crippen LogP) is 2.69. The van der Waals surface area contributed by atoms with Gasteiger partial charge in [0.2, 0.25) is 0 Å². The van der Waals surface area contributed by atoms with Gasteiger partial charge >= 0.3 is 0 Å². The quantitative estimate of drug-likeness (QED) is 0.654. The molecule has 0 saturated heterocycles. The average Bonchev–Trinajstić information content (AvgIpc) is 2.63. The Kier molecular flexibility index (Phi) is 7.10. The van der Waals surface area contributed by atoms with Gasteiger partial charge in [-0.25, -0.2) is 0 Å². The van der Waals surface area contributed by atoms with Gasteiger partial charge in [-0.05, 0) is 22.8 Å². The topological polar surface area (TPSA) is 79.8 Å². The van der Waals surface area contributed by atoms with Crippen LogP contribution in [-0.2, 0) is 30.2 Å². The highest BCUT2D eigenvalue weighted by Crippen LogP contribution is 2.23. The summed E-state index contributed by atoms with van der Waals surface area (Å²) in [5.41, 5.74) is 3.69. The molecule has 1 aromatic heterocycles. The van der Waals surface area contributed by atoms with Crippen molar-refractivity contribution in [3.63, 3.8) is 0 Å². The van der Waals surface area contributed by atoms with Crippen LogP contribution in [0.4, 0.5) is 0 Å². The largest absolute Gasteiger partial charge is 0.483 e. The Labute approximate surface area is 161 Å². The third kappa shape index (κ3) is 5.39. The molecular weight excluding hydrogens is 362 g/mol. The lowest BCUT2D eigenvalue weighted by Gasteiger charge is -2.11. The molecule has 1 atom stereocenters. The molecule has 0 aliphatic rings. The fourth-order valence-corrected chi connectivity index (χ4v) is 3.40. The minimum absolute atomic E-state index is 0. The van der Waals surface area contributed by atoms with E-state index < -0.39 is 10.8 Å². The predicted molar refractivity (Wildman–Crippen MR) is 109 cm³/mol. The van der Waals surface area contributed by atoms with Crippen LogP contribution < -0.4 is 10.3 Å². The van der Waals surface area contributed by atoms with Crippen molar-refractivity contribution >= 4 is 10.8 Å². The van der Waals surface area contributed by atoms with E-state index in [4.69, 9.17) is 4.74 Å². The lowest BCUT2D eigenvalue weighted by Crippen LogP contribution is -2.18. The maximum atomic E-state index is 12.4. The Balaban J connectivity index is 0.00000261. The van der Waals surface area contributed by atoms with Crippen molar-refractivity contribution in [3.05, 3.63) is 88.3 Å². The maximum Gasteiger partial charge on any atom is 0.292 e. The summed E-state index contributed by atoms with van der Waals surface area (Å²) in [6.45, 7) is 0.342. The number of rotatable bonds is 6. The SMILES string of the molecule is Cn1cc(-c2cccc(CS(C)=O)c2)cc(OCc2ccccc2)c1=O.O. The molecule has 27 heavy (non-hydrogen) atoms. The van der Waals surface area contributed by atoms with Crippen molar-refractivity contribution < 1.29 is 14.4 Å². The summed E-state index contributed by atoms with van der Waals surface area (Å²) in [5, 5.41) is 0. The van der Waals surface area contributed by atoms with Gasteiger partial charge in [0.1, 0.15) is 6.61 Å². The van der Waals surface area contributed by atoms with Crippen LogP contribution in [0.1, 0.15) is 11.1 Å². The summed E-state index contributed by atoms with van der Waals surface area (Å²) in [6, 6.07) is 19.4. The number of nitrogens with zero attached hydrogens (tertiary/aromatic N) is 1. The molecular formula is C21H23NO4S. The molecule has 1 unspecified atom stereocenters. The fraction of sp³-hybridized carbons (Fsp3) is 0.190. The van der Waals surface area contributed by atoms with Gasteiger partial charge in [0.25, 0.3) is 5.56 Å². The number of hydrogen-bond acceptors (Lipinski definition) is 3. The van der Waals surface area contributed by atoms with Crippen molar-refractivity contribution in [3.8, 4) is 16.9 Å². The zero-order chi connectivity index (χ0) is 18.5. The molecule has 1 heterocycles. The number of hydrogen-bond donors (Lipinski definition) is 0. The first kappa shape index (κ1) is 20.6. The minimum Gasteiger partial charge on any atom is -0.483 e. The van der Waals surface area contributed by atoms with E-state index in [1.807, 2.05) is 54.6 Å². The van der Waals surface area contributed by atoms with Crippen LogP contribution >= 0.6 is 0 Å². The molecule has 3 rings (SSSR count). The summed E-state index contributed by atoms with van der Waals surface area (Å²) in [5.74, 6) is 0.829. The highest BCUT2D eigenvalue weighted by atomic mass is 32.2. The first-order valence-electron chi connectivity index (χ1n) is 8.29. The van der Waals surface area contributed by atoms with Gasteiger partial charge in [-0.2, -0.15) is 0 Å². The maximum absolute atomic E-state index is 12.4. The summed E-state index contributed by atoms with van der Waals surface area (Å²) >= 11 is 0. The molecule has 0 aliphatic heterocycles. The van der Waals surface area contributed by atoms with E-state index in [9.17, 15) is 9.00 Å². The van der Waals surface area contributed by atoms with Gasteiger partial charge in [0.15, 0.2) is 5.75 Å². The van der Waals surface area contributed by atoms with E-state index in [0.29, 0.717) is 18.1 Å². The molecule has 0 bridgehead atoms. The van der Waals surface area contributed by atoms with Gasteiger partial charge in [-0.15, -0.1) is 0 Å². The van der Waals surface area contributed by atoms with E-state index >= 15 is 0 Å². The van der Waals surface area contributed by atoms with Gasteiger partial charge in [0, 0.05) is 41.6 Å². The van der Waals surface area contributed by atoms with E-state index in [2.05, 4.69) is 0 Å². The summed E-state index contributed by atoms with van der Waals surface area (Å²) in [7, 11) is 0.817. The van der Waals surface area contributed by atoms with Gasteiger partial charge in [-0.3, -0.25) is 9.00 Å². The number of benzene rings is 2. The second kappa shape index (κ2) is 9.30. The molecule has 0 radical (unpaired) electrons. The lowest BCUT2D eigenvalue weighted by molar-refractivity contribution is 0.300. The average molecular weight is 385 g/mol. The third-order valence-electron chi connectivity index (χ3n) is 4.02. The first-order valence-corrected chi connectivity index (χ1v) is 10.0. The molecule has 142 valence electrons. The lowest BCUT2D eigenvalue weighted by atomic mass is 10.1. The smallest absolute Gasteiger partial charge is 0.292 e. The van der Waals surface area contributed by atoms with Crippen molar-refractivity contribution in [1.82, 2.24) is 4.57 Å². The molecule has 5 nitrogen and oxygen atoms in total. The summed E-state index contributed by atoms with van der Waals surface area (Å²) in [4.78, 5) is 12.4. The molecule has 2 N–H and O–H groups in total. The summed E-state index contributed by atoms with van der Waals surface area (Å²) in [6.07, 6.45) is 3.48. The molecule has 0 spiro atoms. The zero-order valence-electron chi connectivity index (χ0n) is 15.3. The Morgan fingerprint density at radius 3 is 2.37 bits per heavy atom. The number of aromatic nitrogens is 1. The van der Waals surface area contributed by atoms with Crippen LogP contribution in [0, 0.1) is 0 Å². The van der Waals surface area contributed by atoms with Gasteiger partial charge in [0.05, 0.1) is 0 Å². The zero-order valence-corrected chi connectivity index (χ0v) is 16.2. The van der Waals surface area contributed by atoms with Crippen LogP contribution in [0.2, 0.25) is 0 Å². The molecule has 0 amide bonds. The Hall–Kier alpha value is -2.70. The molecule has 6 heteroatoms. The molecule has 0 saturated carbocycles. The van der Waals surface area contributed by atoms with E-state index in [1.165, 1.54) is 4.57 Å². The van der Waals surface area contributed by atoms with Crippen LogP contribution in [0.5, 0.6) is 5.75 Å².